The minimum absolute atomic E-state index is 0.662. The second kappa shape index (κ2) is 6.96. The van der Waals surface area contributed by atoms with Gasteiger partial charge < -0.3 is 4.74 Å². The highest BCUT2D eigenvalue weighted by Gasteiger charge is 2.05. The van der Waals surface area contributed by atoms with Crippen molar-refractivity contribution in [3.63, 3.8) is 0 Å². The lowest BCUT2D eigenvalue weighted by Crippen LogP contribution is -1.98. The minimum atomic E-state index is 0.662. The van der Waals surface area contributed by atoms with Crippen LogP contribution in [0.2, 0.25) is 0 Å². The molecular formula is C15H21NO. The Morgan fingerprint density at radius 1 is 1.18 bits per heavy atom. The van der Waals surface area contributed by atoms with Crippen molar-refractivity contribution in [1.82, 2.24) is 0 Å². The summed E-state index contributed by atoms with van der Waals surface area (Å²) in [4.78, 5) is 0. The first kappa shape index (κ1) is 13.6. The molecule has 0 aromatic heterocycles. The van der Waals surface area contributed by atoms with Crippen molar-refractivity contribution in [2.45, 2.75) is 46.5 Å². The van der Waals surface area contributed by atoms with E-state index in [9.17, 15) is 0 Å². The topological polar surface area (TPSA) is 33.0 Å². The Balaban J connectivity index is 2.67. The van der Waals surface area contributed by atoms with E-state index in [2.05, 4.69) is 32.0 Å². The van der Waals surface area contributed by atoms with Gasteiger partial charge in [-0.15, -0.1) is 0 Å². The summed E-state index contributed by atoms with van der Waals surface area (Å²) >= 11 is 0. The molecule has 0 saturated heterocycles. The monoisotopic (exact) mass is 231 g/mol. The van der Waals surface area contributed by atoms with Crippen molar-refractivity contribution in [3.8, 4) is 11.8 Å². The van der Waals surface area contributed by atoms with Crippen molar-refractivity contribution in [3.05, 3.63) is 28.8 Å². The molecule has 0 aliphatic heterocycles. The van der Waals surface area contributed by atoms with Crippen molar-refractivity contribution >= 4 is 0 Å². The normalized spacial score (nSPS) is 10.0. The lowest BCUT2D eigenvalue weighted by atomic mass is 9.99. The van der Waals surface area contributed by atoms with Crippen molar-refractivity contribution in [1.29, 1.82) is 5.26 Å². The van der Waals surface area contributed by atoms with E-state index < -0.39 is 0 Å². The number of hydrogen-bond donors (Lipinski definition) is 0. The van der Waals surface area contributed by atoms with Gasteiger partial charge in [-0.1, -0.05) is 6.07 Å². The van der Waals surface area contributed by atoms with Gasteiger partial charge in [0.2, 0.25) is 0 Å². The van der Waals surface area contributed by atoms with Crippen molar-refractivity contribution in [2.24, 2.45) is 0 Å². The molecule has 17 heavy (non-hydrogen) atoms. The summed E-state index contributed by atoms with van der Waals surface area (Å²) in [5, 5.41) is 8.49. The second-order valence-corrected chi connectivity index (χ2v) is 4.34. The first-order valence-electron chi connectivity index (χ1n) is 6.29. The number of aryl methyl sites for hydroxylation is 3. The van der Waals surface area contributed by atoms with Crippen LogP contribution in [0.3, 0.4) is 0 Å². The van der Waals surface area contributed by atoms with E-state index in [-0.39, 0.29) is 0 Å². The van der Waals surface area contributed by atoms with Crippen LogP contribution in [0.5, 0.6) is 5.75 Å². The van der Waals surface area contributed by atoms with Gasteiger partial charge in [0.15, 0.2) is 0 Å². The Hall–Kier alpha value is -1.49. The van der Waals surface area contributed by atoms with E-state index in [1.54, 1.807) is 0 Å². The van der Waals surface area contributed by atoms with Crippen LogP contribution in [0.15, 0.2) is 12.1 Å². The Morgan fingerprint density at radius 2 is 1.94 bits per heavy atom. The Kier molecular flexibility index (Phi) is 5.56. The number of unbranched alkanes of at least 4 members (excludes halogenated alkanes) is 2. The molecule has 0 aliphatic rings. The van der Waals surface area contributed by atoms with Crippen LogP contribution in [-0.2, 0) is 6.42 Å². The van der Waals surface area contributed by atoms with Gasteiger partial charge in [-0.2, -0.15) is 5.26 Å². The second-order valence-electron chi connectivity index (χ2n) is 4.34. The molecule has 92 valence electrons. The minimum Gasteiger partial charge on any atom is -0.494 e. The summed E-state index contributed by atoms with van der Waals surface area (Å²) < 4.78 is 5.57. The fraction of sp³-hybridized carbons (Fsp3) is 0.533. The molecule has 0 bridgehead atoms. The molecule has 0 atom stereocenters. The van der Waals surface area contributed by atoms with Gasteiger partial charge in [0.25, 0.3) is 0 Å². The molecule has 0 amide bonds. The molecule has 0 spiro atoms. The summed E-state index contributed by atoms with van der Waals surface area (Å²) in [7, 11) is 0. The van der Waals surface area contributed by atoms with Gasteiger partial charge in [-0.05, 0) is 62.8 Å². The molecule has 0 radical (unpaired) electrons. The largest absolute Gasteiger partial charge is 0.494 e. The van der Waals surface area contributed by atoms with Gasteiger partial charge in [0.1, 0.15) is 5.75 Å². The summed E-state index contributed by atoms with van der Waals surface area (Å²) in [6, 6.07) is 6.52. The molecule has 0 unspecified atom stereocenters. The van der Waals surface area contributed by atoms with Crippen LogP contribution in [0.25, 0.3) is 0 Å². The third kappa shape index (κ3) is 4.11. The molecular weight excluding hydrogens is 210 g/mol. The smallest absolute Gasteiger partial charge is 0.122 e. The van der Waals surface area contributed by atoms with Crippen LogP contribution in [-0.4, -0.2) is 6.61 Å². The van der Waals surface area contributed by atoms with Gasteiger partial charge in [-0.3, -0.25) is 0 Å². The first-order chi connectivity index (χ1) is 8.19. The number of nitrogens with zero attached hydrogens (tertiary/aromatic N) is 1. The fourth-order valence-electron chi connectivity index (χ4n) is 1.95. The third-order valence-corrected chi connectivity index (χ3v) is 2.92. The predicted molar refractivity (Wildman–Crippen MR) is 70.3 cm³/mol. The zero-order chi connectivity index (χ0) is 12.7. The average Bonchev–Trinajstić information content (AvgIpc) is 2.30. The summed E-state index contributed by atoms with van der Waals surface area (Å²) in [6.07, 6.45) is 3.79. The molecule has 2 heteroatoms. The number of benzene rings is 1. The standard InChI is InChI=1S/C15H21NO/c1-4-17-15-11-12(2)14(10-13(15)3)8-6-5-7-9-16/h10-11H,4-8H2,1-3H3. The molecule has 1 aromatic carbocycles. The van der Waals surface area contributed by atoms with Gasteiger partial charge in [0, 0.05) is 6.42 Å². The van der Waals surface area contributed by atoms with Gasteiger partial charge in [-0.25, -0.2) is 0 Å². The number of rotatable bonds is 6. The summed E-state index contributed by atoms with van der Waals surface area (Å²) in [5.41, 5.74) is 3.87. The Morgan fingerprint density at radius 3 is 2.59 bits per heavy atom. The SMILES string of the molecule is CCOc1cc(C)c(CCCCC#N)cc1C. The van der Waals surface area contributed by atoms with Crippen LogP contribution in [0.4, 0.5) is 0 Å². The molecule has 0 heterocycles. The lowest BCUT2D eigenvalue weighted by Gasteiger charge is -2.12. The third-order valence-electron chi connectivity index (χ3n) is 2.92. The van der Waals surface area contributed by atoms with E-state index in [4.69, 9.17) is 10.00 Å². The van der Waals surface area contributed by atoms with Crippen LogP contribution in [0.1, 0.15) is 42.9 Å². The first-order valence-corrected chi connectivity index (χ1v) is 6.29. The van der Waals surface area contributed by atoms with E-state index in [0.29, 0.717) is 13.0 Å². The Bertz CT molecular complexity index is 404. The highest BCUT2D eigenvalue weighted by molar-refractivity contribution is 5.41. The molecule has 0 aliphatic carbocycles. The quantitative estimate of drug-likeness (QED) is 0.695. The maximum atomic E-state index is 8.49. The average molecular weight is 231 g/mol. The van der Waals surface area contributed by atoms with E-state index in [0.717, 1.165) is 25.0 Å². The van der Waals surface area contributed by atoms with Gasteiger partial charge >= 0.3 is 0 Å². The molecule has 0 fully saturated rings. The maximum absolute atomic E-state index is 8.49. The van der Waals surface area contributed by atoms with Crippen molar-refractivity contribution in [2.75, 3.05) is 6.61 Å². The highest BCUT2D eigenvalue weighted by atomic mass is 16.5. The van der Waals surface area contributed by atoms with Crippen LogP contribution >= 0.6 is 0 Å². The summed E-state index contributed by atoms with van der Waals surface area (Å²) in [5.74, 6) is 0.991. The van der Waals surface area contributed by atoms with Crippen LogP contribution < -0.4 is 4.74 Å². The van der Waals surface area contributed by atoms with Crippen LogP contribution in [0, 0.1) is 25.2 Å². The zero-order valence-corrected chi connectivity index (χ0v) is 11.0. The molecule has 1 aromatic rings. The lowest BCUT2D eigenvalue weighted by molar-refractivity contribution is 0.337. The Labute approximate surface area is 104 Å². The highest BCUT2D eigenvalue weighted by Crippen LogP contribution is 2.24. The molecule has 1 rings (SSSR count). The number of hydrogen-bond acceptors (Lipinski definition) is 2. The molecule has 0 N–H and O–H groups in total. The van der Waals surface area contributed by atoms with Gasteiger partial charge in [0.05, 0.1) is 12.7 Å². The summed E-state index contributed by atoms with van der Waals surface area (Å²) in [6.45, 7) is 6.93. The number of nitriles is 1. The van der Waals surface area contributed by atoms with Crippen molar-refractivity contribution < 1.29 is 4.74 Å². The zero-order valence-electron chi connectivity index (χ0n) is 11.0. The number of ether oxygens (including phenoxy) is 1. The maximum Gasteiger partial charge on any atom is 0.122 e. The van der Waals surface area contributed by atoms with E-state index in [1.807, 2.05) is 6.92 Å². The fourth-order valence-corrected chi connectivity index (χ4v) is 1.95. The molecule has 2 nitrogen and oxygen atoms in total. The van der Waals surface area contributed by atoms with E-state index >= 15 is 0 Å². The predicted octanol–water partition coefficient (Wildman–Crippen LogP) is 3.94. The molecule has 0 saturated carbocycles. The van der Waals surface area contributed by atoms with E-state index in [1.165, 1.54) is 16.7 Å².